The van der Waals surface area contributed by atoms with Crippen LogP contribution in [0.3, 0.4) is 0 Å². The van der Waals surface area contributed by atoms with Crippen molar-refractivity contribution in [3.8, 4) is 0 Å². The van der Waals surface area contributed by atoms with Crippen LogP contribution in [0.4, 0.5) is 5.82 Å². The highest BCUT2D eigenvalue weighted by Gasteiger charge is 2.19. The predicted octanol–water partition coefficient (Wildman–Crippen LogP) is -1.39. The summed E-state index contributed by atoms with van der Waals surface area (Å²) in [5, 5.41) is 4.99. The van der Waals surface area contributed by atoms with Crippen LogP contribution in [0.2, 0.25) is 0 Å². The average Bonchev–Trinajstić information content (AvgIpc) is 2.45. The molecule has 0 aliphatic carbocycles. The standard InChI is InChI=1S/C6H12N4O4S2/c1-15(11,12)4-16(13,14)10-6-5(2-7)3-8-9-6/h3H,2,4,7H2,1H3,(H2,8,9,10). The lowest BCUT2D eigenvalue weighted by atomic mass is 10.3. The summed E-state index contributed by atoms with van der Waals surface area (Å²) in [6.07, 6.45) is 2.20. The molecule has 0 unspecified atom stereocenters. The first-order valence-corrected chi connectivity index (χ1v) is 7.85. The Balaban J connectivity index is 2.90. The number of aromatic amines is 1. The number of hydrogen-bond donors (Lipinski definition) is 3. The minimum atomic E-state index is -3.96. The van der Waals surface area contributed by atoms with Crippen LogP contribution in [0.5, 0.6) is 0 Å². The fraction of sp³-hybridized carbons (Fsp3) is 0.500. The van der Waals surface area contributed by atoms with Crippen molar-refractivity contribution in [2.24, 2.45) is 5.73 Å². The summed E-state index contributed by atoms with van der Waals surface area (Å²) in [6.45, 7) is 0.0905. The van der Waals surface area contributed by atoms with Crippen LogP contribution in [0.25, 0.3) is 0 Å². The Kier molecular flexibility index (Phi) is 3.55. The molecule has 0 saturated heterocycles. The van der Waals surface area contributed by atoms with Gasteiger partial charge in [0.25, 0.3) is 0 Å². The predicted molar refractivity (Wildman–Crippen MR) is 58.7 cm³/mol. The molecule has 1 heterocycles. The molecule has 0 atom stereocenters. The molecule has 1 aromatic rings. The number of sulfonamides is 1. The molecule has 0 aromatic carbocycles. The molecular formula is C6H12N4O4S2. The first kappa shape index (κ1) is 12.9. The van der Waals surface area contributed by atoms with Crippen molar-refractivity contribution < 1.29 is 16.8 Å². The van der Waals surface area contributed by atoms with E-state index in [9.17, 15) is 16.8 Å². The molecule has 16 heavy (non-hydrogen) atoms. The number of nitrogens with two attached hydrogens (primary N) is 1. The van der Waals surface area contributed by atoms with Gasteiger partial charge in [0.1, 0.15) is 5.82 Å². The van der Waals surface area contributed by atoms with E-state index in [1.807, 2.05) is 0 Å². The number of sulfone groups is 1. The van der Waals surface area contributed by atoms with Crippen LogP contribution in [-0.4, -0.2) is 38.4 Å². The van der Waals surface area contributed by atoms with Crippen LogP contribution in [0.15, 0.2) is 6.20 Å². The highest BCUT2D eigenvalue weighted by atomic mass is 32.3. The van der Waals surface area contributed by atoms with Crippen LogP contribution in [0.1, 0.15) is 5.56 Å². The smallest absolute Gasteiger partial charge is 0.248 e. The van der Waals surface area contributed by atoms with Gasteiger partial charge in [0.2, 0.25) is 10.0 Å². The highest BCUT2D eigenvalue weighted by molar-refractivity contribution is 8.08. The number of nitrogens with one attached hydrogen (secondary N) is 2. The average molecular weight is 268 g/mol. The van der Waals surface area contributed by atoms with E-state index in [2.05, 4.69) is 14.9 Å². The summed E-state index contributed by atoms with van der Waals surface area (Å²) in [5.74, 6) is 0.0890. The van der Waals surface area contributed by atoms with Gasteiger partial charge in [-0.05, 0) is 0 Å². The van der Waals surface area contributed by atoms with Gasteiger partial charge < -0.3 is 5.73 Å². The zero-order valence-corrected chi connectivity index (χ0v) is 10.1. The van der Waals surface area contributed by atoms with E-state index in [-0.39, 0.29) is 12.4 Å². The third-order valence-electron chi connectivity index (χ3n) is 1.56. The Morgan fingerprint density at radius 3 is 2.56 bits per heavy atom. The summed E-state index contributed by atoms with van der Waals surface area (Å²) in [7, 11) is -7.58. The van der Waals surface area contributed by atoms with Gasteiger partial charge in [0.05, 0.1) is 6.20 Å². The number of nitrogens with zero attached hydrogens (tertiary/aromatic N) is 1. The van der Waals surface area contributed by atoms with Crippen LogP contribution in [-0.2, 0) is 26.4 Å². The second kappa shape index (κ2) is 4.39. The third-order valence-corrected chi connectivity index (χ3v) is 5.03. The largest absolute Gasteiger partial charge is 0.326 e. The molecule has 0 spiro atoms. The molecule has 1 rings (SSSR count). The summed E-state index contributed by atoms with van der Waals surface area (Å²) in [6, 6.07) is 0. The number of anilines is 1. The van der Waals surface area contributed by atoms with Crippen molar-refractivity contribution in [2.45, 2.75) is 6.54 Å². The summed E-state index contributed by atoms with van der Waals surface area (Å²) in [5.41, 5.74) is 5.78. The van der Waals surface area contributed by atoms with Gasteiger partial charge in [-0.1, -0.05) is 0 Å². The van der Waals surface area contributed by atoms with Crippen LogP contribution in [0, 0.1) is 0 Å². The molecule has 92 valence electrons. The maximum absolute atomic E-state index is 11.4. The number of H-pyrrole nitrogens is 1. The molecule has 0 amide bonds. The Hall–Kier alpha value is -1.13. The lowest BCUT2D eigenvalue weighted by molar-refractivity contribution is 0.594. The Morgan fingerprint density at radius 1 is 1.44 bits per heavy atom. The molecule has 10 heteroatoms. The SMILES string of the molecule is CS(=O)(=O)CS(=O)(=O)Nc1[nH]ncc1CN. The van der Waals surface area contributed by atoms with Crippen molar-refractivity contribution in [2.75, 3.05) is 16.1 Å². The van der Waals surface area contributed by atoms with Gasteiger partial charge in [-0.15, -0.1) is 0 Å². The van der Waals surface area contributed by atoms with Crippen molar-refractivity contribution in [1.82, 2.24) is 10.2 Å². The molecule has 0 aliphatic heterocycles. The van der Waals surface area contributed by atoms with E-state index in [1.165, 1.54) is 6.20 Å². The third kappa shape index (κ3) is 3.79. The normalized spacial score (nSPS) is 12.6. The maximum atomic E-state index is 11.4. The minimum absolute atomic E-state index is 0.0890. The first-order valence-electron chi connectivity index (χ1n) is 4.14. The van der Waals surface area contributed by atoms with Gasteiger partial charge in [0.15, 0.2) is 14.9 Å². The Labute approximate surface area is 93.2 Å². The summed E-state index contributed by atoms with van der Waals surface area (Å²) in [4.78, 5) is 0. The van der Waals surface area contributed by atoms with Crippen molar-refractivity contribution in [3.05, 3.63) is 11.8 Å². The maximum Gasteiger partial charge on any atom is 0.248 e. The number of rotatable bonds is 5. The number of hydrogen-bond acceptors (Lipinski definition) is 6. The van der Waals surface area contributed by atoms with Crippen molar-refractivity contribution >= 4 is 25.7 Å². The Bertz CT molecular complexity index is 559. The molecule has 1 aromatic heterocycles. The zero-order chi connectivity index (χ0) is 12.4. The van der Waals surface area contributed by atoms with Gasteiger partial charge >= 0.3 is 0 Å². The van der Waals surface area contributed by atoms with Gasteiger partial charge in [-0.2, -0.15) is 5.10 Å². The lowest BCUT2D eigenvalue weighted by Crippen LogP contribution is -2.23. The van der Waals surface area contributed by atoms with Gasteiger partial charge in [-0.3, -0.25) is 9.82 Å². The second-order valence-corrected chi connectivity index (χ2v) is 7.46. The number of aromatic nitrogens is 2. The second-order valence-electron chi connectivity index (χ2n) is 3.23. The van der Waals surface area contributed by atoms with E-state index < -0.39 is 24.9 Å². The topological polar surface area (TPSA) is 135 Å². The van der Waals surface area contributed by atoms with E-state index in [1.54, 1.807) is 0 Å². The fourth-order valence-corrected chi connectivity index (χ4v) is 4.00. The van der Waals surface area contributed by atoms with E-state index in [0.717, 1.165) is 6.26 Å². The Morgan fingerprint density at radius 2 is 2.06 bits per heavy atom. The van der Waals surface area contributed by atoms with Crippen LogP contribution < -0.4 is 10.5 Å². The zero-order valence-electron chi connectivity index (χ0n) is 8.47. The minimum Gasteiger partial charge on any atom is -0.326 e. The summed E-state index contributed by atoms with van der Waals surface area (Å²) >= 11 is 0. The molecule has 0 aliphatic rings. The quantitative estimate of drug-likeness (QED) is 0.601. The highest BCUT2D eigenvalue weighted by Crippen LogP contribution is 2.12. The van der Waals surface area contributed by atoms with Gasteiger partial charge in [-0.25, -0.2) is 16.8 Å². The fourth-order valence-electron chi connectivity index (χ4n) is 1.02. The van der Waals surface area contributed by atoms with Crippen LogP contribution >= 0.6 is 0 Å². The van der Waals surface area contributed by atoms with E-state index >= 15 is 0 Å². The lowest BCUT2D eigenvalue weighted by Gasteiger charge is -2.05. The molecular weight excluding hydrogens is 256 g/mol. The molecule has 8 nitrogen and oxygen atoms in total. The van der Waals surface area contributed by atoms with Crippen molar-refractivity contribution in [1.29, 1.82) is 0 Å². The van der Waals surface area contributed by atoms with E-state index in [4.69, 9.17) is 5.73 Å². The molecule has 0 fully saturated rings. The first-order chi connectivity index (χ1) is 7.23. The van der Waals surface area contributed by atoms with Crippen molar-refractivity contribution in [3.63, 3.8) is 0 Å². The molecule has 4 N–H and O–H groups in total. The van der Waals surface area contributed by atoms with Gasteiger partial charge in [0, 0.05) is 18.4 Å². The molecule has 0 bridgehead atoms. The van der Waals surface area contributed by atoms with E-state index in [0.29, 0.717) is 5.56 Å². The summed E-state index contributed by atoms with van der Waals surface area (Å²) < 4.78 is 46.6. The monoisotopic (exact) mass is 268 g/mol. The molecule has 0 saturated carbocycles. The molecule has 0 radical (unpaired) electrons.